The molecule has 0 radical (unpaired) electrons. The number of imidazole rings is 2. The van der Waals surface area contributed by atoms with Gasteiger partial charge in [0.15, 0.2) is 0 Å². The fraction of sp³-hybridized carbons (Fsp3) is 0.127. The molecule has 11 aromatic rings. The number of fused-ring (bicyclic) bond motifs is 11. The largest absolute Gasteiger partial charge is 0.457 e. The molecular formula is C55H44N4O. The van der Waals surface area contributed by atoms with Gasteiger partial charge in [0.2, 0.25) is 0 Å². The molecule has 0 aliphatic carbocycles. The van der Waals surface area contributed by atoms with Crippen molar-refractivity contribution in [2.24, 2.45) is 0 Å². The van der Waals surface area contributed by atoms with Gasteiger partial charge in [-0.15, -0.1) is 0 Å². The average molecular weight is 777 g/mol. The molecule has 11 rings (SSSR count). The molecule has 5 nitrogen and oxygen atoms in total. The maximum Gasteiger partial charge on any atom is 0.146 e. The molecular weight excluding hydrogens is 733 g/mol. The maximum atomic E-state index is 6.81. The van der Waals surface area contributed by atoms with E-state index < -0.39 is 0 Å². The van der Waals surface area contributed by atoms with Gasteiger partial charge >= 0.3 is 0 Å². The Morgan fingerprint density at radius 1 is 0.500 bits per heavy atom. The Hall–Kier alpha value is -7.24. The van der Waals surface area contributed by atoms with Crippen molar-refractivity contribution in [1.29, 1.82) is 0 Å². The summed E-state index contributed by atoms with van der Waals surface area (Å²) in [5, 5.41) is 5.72. The van der Waals surface area contributed by atoms with Gasteiger partial charge in [-0.3, -0.25) is 8.97 Å². The number of benzene rings is 8. The lowest BCUT2D eigenvalue weighted by molar-refractivity contribution is 0.483. The lowest BCUT2D eigenvalue weighted by Gasteiger charge is -2.24. The molecule has 0 saturated heterocycles. The summed E-state index contributed by atoms with van der Waals surface area (Å²) in [5.74, 6) is 2.93. The van der Waals surface area contributed by atoms with E-state index in [1.807, 2.05) is 6.07 Å². The van der Waals surface area contributed by atoms with Gasteiger partial charge in [-0.25, -0.2) is 9.97 Å². The summed E-state index contributed by atoms with van der Waals surface area (Å²) in [6.45, 7) is 11.4. The minimum absolute atomic E-state index is 0.275. The Bertz CT molecular complexity index is 3450. The van der Waals surface area contributed by atoms with Gasteiger partial charge < -0.3 is 4.74 Å². The van der Waals surface area contributed by atoms with E-state index in [4.69, 9.17) is 14.7 Å². The Balaban J connectivity index is 1.07. The lowest BCUT2D eigenvalue weighted by atomic mass is 9.88. The summed E-state index contributed by atoms with van der Waals surface area (Å²) in [7, 11) is 0. The van der Waals surface area contributed by atoms with Crippen LogP contribution in [0.4, 0.5) is 0 Å². The van der Waals surface area contributed by atoms with Crippen LogP contribution in [0, 0.1) is 6.92 Å². The van der Waals surface area contributed by atoms with Crippen LogP contribution in [0.1, 0.15) is 56.2 Å². The molecule has 0 aliphatic rings. The maximum absolute atomic E-state index is 6.81. The van der Waals surface area contributed by atoms with Gasteiger partial charge in [0.25, 0.3) is 0 Å². The van der Waals surface area contributed by atoms with Crippen LogP contribution in [-0.4, -0.2) is 18.9 Å². The fourth-order valence-electron chi connectivity index (χ4n) is 9.33. The van der Waals surface area contributed by atoms with Gasteiger partial charge in [0.05, 0.1) is 33.3 Å². The van der Waals surface area contributed by atoms with Crippen molar-refractivity contribution in [1.82, 2.24) is 18.9 Å². The predicted molar refractivity (Wildman–Crippen MR) is 250 cm³/mol. The normalized spacial score (nSPS) is 12.1. The van der Waals surface area contributed by atoms with E-state index in [9.17, 15) is 0 Å². The van der Waals surface area contributed by atoms with Crippen molar-refractivity contribution in [3.05, 3.63) is 180 Å². The summed E-state index contributed by atoms with van der Waals surface area (Å²) in [6, 6.07) is 58.2. The van der Waals surface area contributed by atoms with Gasteiger partial charge in [-0.05, 0) is 124 Å². The Kier molecular flexibility index (Phi) is 8.35. The Morgan fingerprint density at radius 3 is 1.95 bits per heavy atom. The highest BCUT2D eigenvalue weighted by molar-refractivity contribution is 6.17. The molecule has 8 aromatic carbocycles. The van der Waals surface area contributed by atoms with Crippen LogP contribution in [0.25, 0.3) is 88.4 Å². The van der Waals surface area contributed by atoms with Crippen LogP contribution in [0.2, 0.25) is 0 Å². The molecule has 60 heavy (non-hydrogen) atoms. The number of nitrogens with zero attached hydrogens (tertiary/aromatic N) is 4. The van der Waals surface area contributed by atoms with E-state index in [1.54, 1.807) is 0 Å². The van der Waals surface area contributed by atoms with Crippen LogP contribution in [0.3, 0.4) is 0 Å². The standard InChI is InChI=1S/C55H44N4O/c1-33(2)45-30-39(36-16-7-6-8-17-36)31-46(34(3)4)53(45)59-50-25-14-12-23-48(50)56-54(59)38-19-15-20-40(29-38)60-41-26-27-43-44-22-11-13-24-49(44)58-52-35(5)28-37-18-9-10-21-42(37)51(52)57-55(58)47(43)32-41/h6-34H,1-5H3. The minimum Gasteiger partial charge on any atom is -0.457 e. The second-order valence-electron chi connectivity index (χ2n) is 16.7. The Labute approximate surface area is 349 Å². The monoisotopic (exact) mass is 776 g/mol. The fourth-order valence-corrected chi connectivity index (χ4v) is 9.33. The van der Waals surface area contributed by atoms with E-state index in [0.29, 0.717) is 0 Å². The van der Waals surface area contributed by atoms with Gasteiger partial charge in [0.1, 0.15) is 23.0 Å². The van der Waals surface area contributed by atoms with Crippen LogP contribution in [0.5, 0.6) is 11.5 Å². The summed E-state index contributed by atoms with van der Waals surface area (Å²) >= 11 is 0. The smallest absolute Gasteiger partial charge is 0.146 e. The first-order chi connectivity index (χ1) is 29.3. The first-order valence-corrected chi connectivity index (χ1v) is 21.0. The third kappa shape index (κ3) is 5.68. The van der Waals surface area contributed by atoms with Crippen molar-refractivity contribution in [3.63, 3.8) is 0 Å². The molecule has 0 atom stereocenters. The van der Waals surface area contributed by atoms with E-state index in [2.05, 4.69) is 201 Å². The van der Waals surface area contributed by atoms with E-state index in [0.717, 1.165) is 72.3 Å². The third-order valence-electron chi connectivity index (χ3n) is 12.1. The molecule has 0 aliphatic heterocycles. The summed E-state index contributed by atoms with van der Waals surface area (Å²) in [4.78, 5) is 10.7. The molecule has 0 saturated carbocycles. The van der Waals surface area contributed by atoms with E-state index in [1.165, 1.54) is 44.3 Å². The number of pyridine rings is 1. The summed E-state index contributed by atoms with van der Waals surface area (Å²) in [6.07, 6.45) is 0. The van der Waals surface area contributed by atoms with Crippen LogP contribution < -0.4 is 4.74 Å². The number of aryl methyl sites for hydroxylation is 1. The van der Waals surface area contributed by atoms with Crippen molar-refractivity contribution < 1.29 is 4.74 Å². The van der Waals surface area contributed by atoms with Gasteiger partial charge in [-0.1, -0.05) is 125 Å². The molecule has 5 heteroatoms. The molecule has 0 spiro atoms. The third-order valence-corrected chi connectivity index (χ3v) is 12.1. The van der Waals surface area contributed by atoms with E-state index >= 15 is 0 Å². The quantitative estimate of drug-likeness (QED) is 0.151. The number of hydrogen-bond donors (Lipinski definition) is 0. The zero-order valence-electron chi connectivity index (χ0n) is 34.4. The highest BCUT2D eigenvalue weighted by atomic mass is 16.5. The number of rotatable bonds is 7. The highest BCUT2D eigenvalue weighted by Crippen LogP contribution is 2.42. The summed E-state index contributed by atoms with van der Waals surface area (Å²) < 4.78 is 11.5. The highest BCUT2D eigenvalue weighted by Gasteiger charge is 2.24. The van der Waals surface area contributed by atoms with Crippen molar-refractivity contribution in [2.45, 2.75) is 46.5 Å². The van der Waals surface area contributed by atoms with Crippen molar-refractivity contribution in [2.75, 3.05) is 0 Å². The van der Waals surface area contributed by atoms with Gasteiger partial charge in [-0.2, -0.15) is 0 Å². The van der Waals surface area contributed by atoms with E-state index in [-0.39, 0.29) is 11.8 Å². The molecule has 0 unspecified atom stereocenters. The van der Waals surface area contributed by atoms with Crippen LogP contribution in [-0.2, 0) is 0 Å². The Morgan fingerprint density at radius 2 is 1.17 bits per heavy atom. The molecule has 3 heterocycles. The first-order valence-electron chi connectivity index (χ1n) is 21.0. The molecule has 0 N–H and O–H groups in total. The van der Waals surface area contributed by atoms with Crippen molar-refractivity contribution in [3.8, 4) is 39.7 Å². The van der Waals surface area contributed by atoms with Crippen molar-refractivity contribution >= 4 is 60.2 Å². The SMILES string of the molecule is Cc1cc2ccccc2c2nc3c4cc(Oc5cccc(-c6nc7ccccc7n6-c6c(C(C)C)cc(-c7ccccc7)cc6C(C)C)c5)ccc4c4ccccc4n3c12. The number of hydrogen-bond acceptors (Lipinski definition) is 3. The lowest BCUT2D eigenvalue weighted by Crippen LogP contribution is -2.09. The second kappa shape index (κ2) is 14.0. The zero-order valence-corrected chi connectivity index (χ0v) is 34.4. The first kappa shape index (κ1) is 35.9. The molecule has 0 bridgehead atoms. The van der Waals surface area contributed by atoms with Crippen LogP contribution >= 0.6 is 0 Å². The van der Waals surface area contributed by atoms with Gasteiger partial charge in [0, 0.05) is 21.7 Å². The number of para-hydroxylation sites is 3. The molecule has 3 aromatic heterocycles. The predicted octanol–water partition coefficient (Wildman–Crippen LogP) is 15.0. The second-order valence-corrected chi connectivity index (χ2v) is 16.7. The molecule has 0 amide bonds. The van der Waals surface area contributed by atoms with Crippen LogP contribution in [0.15, 0.2) is 164 Å². The zero-order chi connectivity index (χ0) is 40.6. The average Bonchev–Trinajstić information content (AvgIpc) is 3.87. The number of aromatic nitrogens is 4. The topological polar surface area (TPSA) is 44.4 Å². The molecule has 0 fully saturated rings. The molecule has 290 valence electrons. The summed E-state index contributed by atoms with van der Waals surface area (Å²) in [5.41, 5.74) is 14.7. The number of ether oxygens (including phenoxy) is 1. The minimum atomic E-state index is 0.275.